The lowest BCUT2D eigenvalue weighted by atomic mass is 10.2. The summed E-state index contributed by atoms with van der Waals surface area (Å²) in [6.45, 7) is 0.374. The third kappa shape index (κ3) is 2.01. The Morgan fingerprint density at radius 2 is 2.21 bits per heavy atom. The van der Waals surface area contributed by atoms with E-state index in [9.17, 15) is 8.78 Å². The first kappa shape index (κ1) is 9.40. The monoisotopic (exact) mass is 198 g/mol. The second-order valence-corrected chi connectivity index (χ2v) is 3.15. The zero-order valence-corrected chi connectivity index (χ0v) is 7.47. The molecule has 0 amide bonds. The van der Waals surface area contributed by atoms with Crippen LogP contribution in [0.1, 0.15) is 6.42 Å². The Bertz CT molecular complexity index is 319. The van der Waals surface area contributed by atoms with Crippen molar-refractivity contribution in [3.05, 3.63) is 36.4 Å². The normalized spacial score (nSPS) is 22.6. The highest BCUT2D eigenvalue weighted by molar-refractivity contribution is 5.44. The first-order valence-corrected chi connectivity index (χ1v) is 4.43. The van der Waals surface area contributed by atoms with Crippen molar-refractivity contribution >= 4 is 5.69 Å². The Morgan fingerprint density at radius 1 is 1.36 bits per heavy atom. The van der Waals surface area contributed by atoms with Gasteiger partial charge >= 0.3 is 0 Å². The minimum Gasteiger partial charge on any atom is -0.376 e. The van der Waals surface area contributed by atoms with Gasteiger partial charge in [0.1, 0.15) is 5.82 Å². The van der Waals surface area contributed by atoms with Gasteiger partial charge in [0.25, 0.3) is 6.36 Å². The van der Waals surface area contributed by atoms with Crippen molar-refractivity contribution in [2.24, 2.45) is 0 Å². The molecule has 1 saturated heterocycles. The van der Waals surface area contributed by atoms with Crippen molar-refractivity contribution in [1.82, 2.24) is 0 Å². The van der Waals surface area contributed by atoms with E-state index < -0.39 is 12.4 Å². The number of nitrogens with one attached hydrogen (secondary N) is 1. The standard InChI is InChI=1S/C10H10F2NO/c11-7-2-1-3-8(6-7)13-9-4-5-14-10(9)12/h1-3,6,9,13H,4-5H2. The highest BCUT2D eigenvalue weighted by Gasteiger charge is 2.29. The summed E-state index contributed by atoms with van der Waals surface area (Å²) < 4.78 is 30.3. The van der Waals surface area contributed by atoms with Crippen LogP contribution in [-0.4, -0.2) is 12.6 Å². The number of benzene rings is 1. The molecule has 1 aromatic rings. The third-order valence-corrected chi connectivity index (χ3v) is 2.09. The molecule has 1 radical (unpaired) electrons. The molecule has 0 aliphatic carbocycles. The zero-order valence-electron chi connectivity index (χ0n) is 7.47. The maximum Gasteiger partial charge on any atom is 0.291 e. The van der Waals surface area contributed by atoms with E-state index in [4.69, 9.17) is 0 Å². The smallest absolute Gasteiger partial charge is 0.291 e. The lowest BCUT2D eigenvalue weighted by Gasteiger charge is -2.13. The topological polar surface area (TPSA) is 21.3 Å². The summed E-state index contributed by atoms with van der Waals surface area (Å²) in [5, 5.41) is 2.85. The molecule has 0 saturated carbocycles. The van der Waals surface area contributed by atoms with E-state index in [0.717, 1.165) is 0 Å². The molecule has 75 valence electrons. The number of hydrogen-bond acceptors (Lipinski definition) is 2. The molecule has 14 heavy (non-hydrogen) atoms. The predicted octanol–water partition coefficient (Wildman–Crippen LogP) is 2.49. The van der Waals surface area contributed by atoms with Gasteiger partial charge in [0.15, 0.2) is 0 Å². The van der Waals surface area contributed by atoms with Crippen molar-refractivity contribution in [2.75, 3.05) is 11.9 Å². The Kier molecular flexibility index (Phi) is 2.63. The first-order valence-electron chi connectivity index (χ1n) is 4.43. The van der Waals surface area contributed by atoms with E-state index in [1.807, 2.05) is 0 Å². The van der Waals surface area contributed by atoms with Crippen molar-refractivity contribution in [3.8, 4) is 0 Å². The van der Waals surface area contributed by atoms with Gasteiger partial charge in [-0.05, 0) is 24.6 Å². The molecule has 1 atom stereocenters. The fourth-order valence-corrected chi connectivity index (χ4v) is 1.40. The van der Waals surface area contributed by atoms with Gasteiger partial charge in [-0.15, -0.1) is 0 Å². The van der Waals surface area contributed by atoms with E-state index in [1.54, 1.807) is 12.1 Å². The second kappa shape index (κ2) is 3.92. The first-order chi connectivity index (χ1) is 6.75. The predicted molar refractivity (Wildman–Crippen MR) is 48.7 cm³/mol. The summed E-state index contributed by atoms with van der Waals surface area (Å²) in [6.07, 6.45) is 0.0526. The Labute approximate surface area is 80.9 Å². The van der Waals surface area contributed by atoms with Crippen LogP contribution in [0.4, 0.5) is 14.5 Å². The fraction of sp³-hybridized carbons (Fsp3) is 0.300. The van der Waals surface area contributed by atoms with Gasteiger partial charge in [-0.3, -0.25) is 0 Å². The minimum absolute atomic E-state index is 0.339. The lowest BCUT2D eigenvalue weighted by molar-refractivity contribution is 0.108. The van der Waals surface area contributed by atoms with Crippen LogP contribution in [0.3, 0.4) is 0 Å². The fourth-order valence-electron chi connectivity index (χ4n) is 1.40. The van der Waals surface area contributed by atoms with Crippen LogP contribution in [0.25, 0.3) is 0 Å². The average molecular weight is 198 g/mol. The van der Waals surface area contributed by atoms with Gasteiger partial charge in [-0.1, -0.05) is 6.07 Å². The molecule has 2 nitrogen and oxygen atoms in total. The molecule has 1 unspecified atom stereocenters. The van der Waals surface area contributed by atoms with Gasteiger partial charge in [0, 0.05) is 5.69 Å². The van der Waals surface area contributed by atoms with Gasteiger partial charge in [-0.25, -0.2) is 8.78 Å². The molecule has 0 bridgehead atoms. The summed E-state index contributed by atoms with van der Waals surface area (Å²) >= 11 is 0. The summed E-state index contributed by atoms with van der Waals surface area (Å²) in [7, 11) is 0. The number of halogens is 2. The summed E-state index contributed by atoms with van der Waals surface area (Å²) in [5.41, 5.74) is 0.565. The molecule has 2 rings (SSSR count). The van der Waals surface area contributed by atoms with E-state index in [1.165, 1.54) is 12.1 Å². The summed E-state index contributed by atoms with van der Waals surface area (Å²) in [5.74, 6) is -0.339. The molecular formula is C10H10F2NO. The quantitative estimate of drug-likeness (QED) is 0.788. The average Bonchev–Trinajstić information content (AvgIpc) is 2.52. The van der Waals surface area contributed by atoms with Crippen molar-refractivity contribution in [3.63, 3.8) is 0 Å². The van der Waals surface area contributed by atoms with Crippen LogP contribution < -0.4 is 5.32 Å². The number of hydrogen-bond donors (Lipinski definition) is 1. The number of ether oxygens (including phenoxy) is 1. The molecule has 1 fully saturated rings. The molecule has 0 aromatic heterocycles. The van der Waals surface area contributed by atoms with E-state index in [-0.39, 0.29) is 5.82 Å². The Balaban J connectivity index is 2.03. The number of anilines is 1. The maximum absolute atomic E-state index is 12.9. The molecule has 4 heteroatoms. The number of rotatable bonds is 2. The van der Waals surface area contributed by atoms with E-state index in [0.29, 0.717) is 18.7 Å². The molecule has 1 heterocycles. The molecule has 1 N–H and O–H groups in total. The molecular weight excluding hydrogens is 188 g/mol. The van der Waals surface area contributed by atoms with Crippen LogP contribution in [0, 0.1) is 12.2 Å². The van der Waals surface area contributed by atoms with Crippen LogP contribution in [-0.2, 0) is 4.74 Å². The summed E-state index contributed by atoms with van der Waals surface area (Å²) in [6, 6.07) is 5.49. The zero-order chi connectivity index (χ0) is 9.97. The highest BCUT2D eigenvalue weighted by Crippen LogP contribution is 2.25. The maximum atomic E-state index is 12.9. The molecule has 1 aliphatic heterocycles. The van der Waals surface area contributed by atoms with Crippen molar-refractivity contribution in [1.29, 1.82) is 0 Å². The van der Waals surface area contributed by atoms with Crippen LogP contribution in [0.2, 0.25) is 0 Å². The van der Waals surface area contributed by atoms with Crippen LogP contribution in [0.5, 0.6) is 0 Å². The van der Waals surface area contributed by atoms with Gasteiger partial charge in [-0.2, -0.15) is 0 Å². The highest BCUT2D eigenvalue weighted by atomic mass is 19.1. The summed E-state index contributed by atoms with van der Waals surface area (Å²) in [4.78, 5) is 0. The van der Waals surface area contributed by atoms with Gasteiger partial charge < -0.3 is 10.1 Å². The minimum atomic E-state index is -0.519. The largest absolute Gasteiger partial charge is 0.376 e. The van der Waals surface area contributed by atoms with Gasteiger partial charge in [0.05, 0.1) is 12.6 Å². The molecule has 1 aliphatic rings. The van der Waals surface area contributed by atoms with E-state index in [2.05, 4.69) is 10.1 Å². The lowest BCUT2D eigenvalue weighted by Crippen LogP contribution is -2.20. The second-order valence-electron chi connectivity index (χ2n) is 3.15. The van der Waals surface area contributed by atoms with Crippen molar-refractivity contribution in [2.45, 2.75) is 12.5 Å². The SMILES string of the molecule is F[C]1OCCC1Nc1cccc(F)c1. The third-order valence-electron chi connectivity index (χ3n) is 2.09. The van der Waals surface area contributed by atoms with E-state index >= 15 is 0 Å². The Hall–Kier alpha value is -1.16. The molecule has 0 spiro atoms. The van der Waals surface area contributed by atoms with Crippen molar-refractivity contribution < 1.29 is 13.5 Å². The Morgan fingerprint density at radius 3 is 2.86 bits per heavy atom. The molecule has 1 aromatic carbocycles. The van der Waals surface area contributed by atoms with Crippen LogP contribution >= 0.6 is 0 Å². The van der Waals surface area contributed by atoms with Crippen LogP contribution in [0.15, 0.2) is 24.3 Å². The van der Waals surface area contributed by atoms with Gasteiger partial charge in [0.2, 0.25) is 0 Å².